The maximum absolute atomic E-state index is 9.89. The van der Waals surface area contributed by atoms with E-state index in [9.17, 15) is 5.11 Å². The summed E-state index contributed by atoms with van der Waals surface area (Å²) in [6, 6.07) is 0. The lowest BCUT2D eigenvalue weighted by molar-refractivity contribution is 0.0875. The first-order valence-corrected chi connectivity index (χ1v) is 5.41. The summed E-state index contributed by atoms with van der Waals surface area (Å²) in [4.78, 5) is 0. The third-order valence-corrected chi connectivity index (χ3v) is 4.26. The molecule has 1 aliphatic rings. The number of aliphatic hydroxyl groups excluding tert-OH is 1. The molecule has 1 fully saturated rings. The smallest absolute Gasteiger partial charge is 0.0686 e. The summed E-state index contributed by atoms with van der Waals surface area (Å²) in [6.45, 7) is 6.55. The van der Waals surface area contributed by atoms with E-state index in [1.165, 1.54) is 12.8 Å². The van der Waals surface area contributed by atoms with E-state index >= 15 is 0 Å². The molecule has 0 heterocycles. The summed E-state index contributed by atoms with van der Waals surface area (Å²) in [7, 11) is 0. The van der Waals surface area contributed by atoms with Crippen LogP contribution in [0.5, 0.6) is 0 Å². The Morgan fingerprint density at radius 1 is 1.08 bits per heavy atom. The minimum Gasteiger partial charge on any atom is -0.392 e. The van der Waals surface area contributed by atoms with Gasteiger partial charge in [0.25, 0.3) is 0 Å². The maximum Gasteiger partial charge on any atom is 0.0686 e. The Bertz CT molecular complexity index is 133. The Kier molecular flexibility index (Phi) is 3.47. The van der Waals surface area contributed by atoms with Crippen molar-refractivity contribution in [2.45, 2.75) is 45.0 Å². The van der Waals surface area contributed by atoms with E-state index in [1.54, 1.807) is 0 Å². The topological polar surface area (TPSA) is 20.2 Å². The van der Waals surface area contributed by atoms with Crippen LogP contribution in [-0.2, 0) is 0 Å². The Morgan fingerprint density at radius 2 is 1.58 bits per heavy atom. The number of hydrogen-bond donors (Lipinski definition) is 2. The number of hydrogen-bond acceptors (Lipinski definition) is 2. The second-order valence-electron chi connectivity index (χ2n) is 4.37. The van der Waals surface area contributed by atoms with Gasteiger partial charge in [0.1, 0.15) is 0 Å². The molecule has 0 aromatic heterocycles. The molecule has 1 aliphatic carbocycles. The molecule has 12 heavy (non-hydrogen) atoms. The van der Waals surface area contributed by atoms with Gasteiger partial charge in [0, 0.05) is 5.25 Å². The molecule has 0 spiro atoms. The van der Waals surface area contributed by atoms with E-state index in [0.29, 0.717) is 17.8 Å². The number of aliphatic hydroxyl groups is 1. The number of thiol groups is 1. The SMILES string of the molecule is CC1CCC(C)C(S)C(O)C1C. The first kappa shape index (κ1) is 10.4. The standard InChI is InChI=1S/C10H20OS/c1-6-4-5-7(2)10(12)9(11)8(6)3/h6-12H,4-5H2,1-3H3. The molecule has 1 nitrogen and oxygen atoms in total. The van der Waals surface area contributed by atoms with Crippen LogP contribution in [0.3, 0.4) is 0 Å². The zero-order chi connectivity index (χ0) is 9.30. The van der Waals surface area contributed by atoms with Gasteiger partial charge in [-0.1, -0.05) is 27.2 Å². The van der Waals surface area contributed by atoms with E-state index in [-0.39, 0.29) is 11.4 Å². The molecule has 0 saturated heterocycles. The molecule has 5 unspecified atom stereocenters. The van der Waals surface area contributed by atoms with Crippen molar-refractivity contribution >= 4 is 12.6 Å². The zero-order valence-electron chi connectivity index (χ0n) is 8.20. The third kappa shape index (κ3) is 1.97. The summed E-state index contributed by atoms with van der Waals surface area (Å²) >= 11 is 4.47. The fourth-order valence-electron chi connectivity index (χ4n) is 1.94. The third-order valence-electron chi connectivity index (χ3n) is 3.45. The molecular formula is C10H20OS. The van der Waals surface area contributed by atoms with Crippen LogP contribution in [0.25, 0.3) is 0 Å². The average Bonchev–Trinajstić information content (AvgIpc) is 2.14. The van der Waals surface area contributed by atoms with Crippen molar-refractivity contribution in [3.63, 3.8) is 0 Å². The van der Waals surface area contributed by atoms with Crippen LogP contribution >= 0.6 is 12.6 Å². The van der Waals surface area contributed by atoms with Crippen molar-refractivity contribution in [3.05, 3.63) is 0 Å². The molecule has 72 valence electrons. The highest BCUT2D eigenvalue weighted by atomic mass is 32.1. The molecule has 2 heteroatoms. The largest absolute Gasteiger partial charge is 0.392 e. The quantitative estimate of drug-likeness (QED) is 0.442. The van der Waals surface area contributed by atoms with Crippen LogP contribution in [0.4, 0.5) is 0 Å². The molecule has 0 radical (unpaired) electrons. The van der Waals surface area contributed by atoms with E-state index in [0.717, 1.165) is 0 Å². The Hall–Kier alpha value is 0.310. The summed E-state index contributed by atoms with van der Waals surface area (Å²) in [5, 5.41) is 10.1. The van der Waals surface area contributed by atoms with Gasteiger partial charge in [-0.05, 0) is 24.2 Å². The molecule has 1 rings (SSSR count). The minimum atomic E-state index is -0.221. The van der Waals surface area contributed by atoms with Gasteiger partial charge in [0.2, 0.25) is 0 Å². The molecule has 0 amide bonds. The fraction of sp³-hybridized carbons (Fsp3) is 1.00. The van der Waals surface area contributed by atoms with Crippen molar-refractivity contribution in [1.82, 2.24) is 0 Å². The van der Waals surface area contributed by atoms with Gasteiger partial charge in [0.05, 0.1) is 6.10 Å². The molecular weight excluding hydrogens is 168 g/mol. The Labute approximate surface area is 81.0 Å². The highest BCUT2D eigenvalue weighted by Gasteiger charge is 2.32. The Balaban J connectivity index is 2.68. The fourth-order valence-corrected chi connectivity index (χ4v) is 2.36. The lowest BCUT2D eigenvalue weighted by Crippen LogP contribution is -2.32. The van der Waals surface area contributed by atoms with Gasteiger partial charge >= 0.3 is 0 Å². The van der Waals surface area contributed by atoms with Crippen LogP contribution in [0.2, 0.25) is 0 Å². The van der Waals surface area contributed by atoms with E-state index in [1.807, 2.05) is 0 Å². The minimum absolute atomic E-state index is 0.171. The highest BCUT2D eigenvalue weighted by Crippen LogP contribution is 2.34. The zero-order valence-corrected chi connectivity index (χ0v) is 9.09. The van der Waals surface area contributed by atoms with E-state index in [2.05, 4.69) is 33.4 Å². The average molecular weight is 188 g/mol. The summed E-state index contributed by atoms with van der Waals surface area (Å²) in [6.07, 6.45) is 2.22. The summed E-state index contributed by atoms with van der Waals surface area (Å²) < 4.78 is 0. The van der Waals surface area contributed by atoms with Crippen LogP contribution in [0.1, 0.15) is 33.6 Å². The molecule has 0 bridgehead atoms. The highest BCUT2D eigenvalue weighted by molar-refractivity contribution is 7.81. The van der Waals surface area contributed by atoms with Gasteiger partial charge in [-0.2, -0.15) is 12.6 Å². The van der Waals surface area contributed by atoms with Crippen molar-refractivity contribution in [2.24, 2.45) is 17.8 Å². The van der Waals surface area contributed by atoms with Crippen LogP contribution in [0, 0.1) is 17.8 Å². The van der Waals surface area contributed by atoms with Gasteiger partial charge in [-0.3, -0.25) is 0 Å². The first-order chi connectivity index (χ1) is 5.54. The first-order valence-electron chi connectivity index (χ1n) is 4.90. The van der Waals surface area contributed by atoms with Crippen LogP contribution in [0.15, 0.2) is 0 Å². The van der Waals surface area contributed by atoms with Gasteiger partial charge in [-0.25, -0.2) is 0 Å². The maximum atomic E-state index is 9.89. The predicted molar refractivity (Wildman–Crippen MR) is 55.5 cm³/mol. The van der Waals surface area contributed by atoms with Crippen LogP contribution in [-0.4, -0.2) is 16.5 Å². The van der Waals surface area contributed by atoms with Crippen molar-refractivity contribution in [1.29, 1.82) is 0 Å². The van der Waals surface area contributed by atoms with Crippen molar-refractivity contribution in [3.8, 4) is 0 Å². The van der Waals surface area contributed by atoms with Crippen molar-refractivity contribution < 1.29 is 5.11 Å². The second-order valence-corrected chi connectivity index (χ2v) is 4.97. The van der Waals surface area contributed by atoms with Gasteiger partial charge < -0.3 is 5.11 Å². The number of rotatable bonds is 0. The second kappa shape index (κ2) is 4.01. The summed E-state index contributed by atoms with van der Waals surface area (Å²) in [5.74, 6) is 1.59. The lowest BCUT2D eigenvalue weighted by Gasteiger charge is -2.26. The van der Waals surface area contributed by atoms with Gasteiger partial charge in [0.15, 0.2) is 0 Å². The molecule has 0 aromatic rings. The monoisotopic (exact) mass is 188 g/mol. The van der Waals surface area contributed by atoms with Crippen LogP contribution < -0.4 is 0 Å². The molecule has 0 aliphatic heterocycles. The van der Waals surface area contributed by atoms with Crippen molar-refractivity contribution in [2.75, 3.05) is 0 Å². The normalized spacial score (nSPS) is 50.2. The van der Waals surface area contributed by atoms with E-state index < -0.39 is 0 Å². The predicted octanol–water partition coefficient (Wildman–Crippen LogP) is 2.35. The van der Waals surface area contributed by atoms with E-state index in [4.69, 9.17) is 0 Å². The molecule has 5 atom stereocenters. The molecule has 1 N–H and O–H groups in total. The Morgan fingerprint density at radius 3 is 2.17 bits per heavy atom. The molecule has 0 aromatic carbocycles. The molecule has 1 saturated carbocycles. The lowest BCUT2D eigenvalue weighted by atomic mass is 9.89. The summed E-state index contributed by atoms with van der Waals surface area (Å²) in [5.41, 5.74) is 0. The van der Waals surface area contributed by atoms with Gasteiger partial charge in [-0.15, -0.1) is 0 Å².